The third-order valence-electron chi connectivity index (χ3n) is 6.68. The fourth-order valence-corrected chi connectivity index (χ4v) is 4.99. The smallest absolute Gasteiger partial charge is 0.291 e. The van der Waals surface area contributed by atoms with E-state index in [-0.39, 0.29) is 30.4 Å². The van der Waals surface area contributed by atoms with Gasteiger partial charge < -0.3 is 23.5 Å². The van der Waals surface area contributed by atoms with Gasteiger partial charge in [0.25, 0.3) is 5.91 Å². The van der Waals surface area contributed by atoms with Crippen LogP contribution < -0.4 is 19.6 Å². The molecule has 2 aliphatic heterocycles. The second-order valence-corrected chi connectivity index (χ2v) is 9.55. The molecule has 188 valence electrons. The highest BCUT2D eigenvalue weighted by molar-refractivity contribution is 6.31. The number of benzene rings is 3. The molecule has 1 aromatic heterocycles. The zero-order valence-corrected chi connectivity index (χ0v) is 20.9. The second kappa shape index (κ2) is 9.48. The highest BCUT2D eigenvalue weighted by Gasteiger charge is 2.42. The van der Waals surface area contributed by atoms with Crippen molar-refractivity contribution in [1.82, 2.24) is 4.90 Å². The van der Waals surface area contributed by atoms with Crippen LogP contribution in [0.3, 0.4) is 0 Å². The Morgan fingerprint density at radius 3 is 2.62 bits per heavy atom. The number of hydrogen-bond acceptors (Lipinski definition) is 6. The number of halogens is 1. The van der Waals surface area contributed by atoms with Gasteiger partial charge >= 0.3 is 0 Å². The number of carbonyl (C=O) groups excluding carboxylic acids is 1. The number of unbranched alkanes of at least 4 members (excludes halogenated alkanes) is 1. The molecule has 37 heavy (non-hydrogen) atoms. The molecule has 3 aromatic carbocycles. The number of amides is 1. The zero-order chi connectivity index (χ0) is 25.5. The minimum Gasteiger partial charge on any atom is -0.494 e. The molecule has 8 heteroatoms. The van der Waals surface area contributed by atoms with Gasteiger partial charge in [-0.15, -0.1) is 0 Å². The molecule has 2 aliphatic rings. The summed E-state index contributed by atoms with van der Waals surface area (Å²) < 4.78 is 22.8. The molecule has 1 atom stereocenters. The topological polar surface area (TPSA) is 78.2 Å². The molecule has 1 amide bonds. The Balaban J connectivity index is 1.44. The van der Waals surface area contributed by atoms with Crippen molar-refractivity contribution in [2.45, 2.75) is 32.4 Å². The highest BCUT2D eigenvalue weighted by Crippen LogP contribution is 2.41. The lowest BCUT2D eigenvalue weighted by molar-refractivity contribution is 0.0714. The summed E-state index contributed by atoms with van der Waals surface area (Å²) in [5, 5.41) is 0.764. The normalized spacial score (nSPS) is 15.9. The van der Waals surface area contributed by atoms with E-state index in [1.54, 1.807) is 23.1 Å². The van der Waals surface area contributed by atoms with Gasteiger partial charge in [-0.05, 0) is 60.0 Å². The second-order valence-electron chi connectivity index (χ2n) is 9.11. The van der Waals surface area contributed by atoms with E-state index in [0.717, 1.165) is 29.7 Å². The van der Waals surface area contributed by atoms with Crippen LogP contribution in [0.2, 0.25) is 5.02 Å². The summed E-state index contributed by atoms with van der Waals surface area (Å²) in [4.78, 5) is 29.1. The summed E-state index contributed by atoms with van der Waals surface area (Å²) in [6.45, 7) is 3.15. The zero-order valence-electron chi connectivity index (χ0n) is 20.2. The van der Waals surface area contributed by atoms with Crippen molar-refractivity contribution in [3.63, 3.8) is 0 Å². The summed E-state index contributed by atoms with van der Waals surface area (Å²) in [6, 6.07) is 17.3. The van der Waals surface area contributed by atoms with Gasteiger partial charge in [0.05, 0.1) is 23.6 Å². The Labute approximate surface area is 218 Å². The molecule has 0 aliphatic carbocycles. The summed E-state index contributed by atoms with van der Waals surface area (Å²) in [7, 11) is 0. The van der Waals surface area contributed by atoms with Crippen molar-refractivity contribution in [3.05, 3.63) is 98.4 Å². The van der Waals surface area contributed by atoms with Crippen LogP contribution in [0.4, 0.5) is 0 Å². The SMILES string of the molecule is CCCCOc1ccc(C2c3c(oc4ccc(Cl)cc4c3=O)C(=O)N2Cc2ccc3c(c2)OCO3)cc1. The number of ether oxygens (including phenoxy) is 3. The third-order valence-corrected chi connectivity index (χ3v) is 6.92. The quantitative estimate of drug-likeness (QED) is 0.276. The van der Waals surface area contributed by atoms with Crippen LogP contribution >= 0.6 is 11.6 Å². The minimum absolute atomic E-state index is 0.0499. The Morgan fingerprint density at radius 1 is 1.00 bits per heavy atom. The van der Waals surface area contributed by atoms with E-state index in [2.05, 4.69) is 6.92 Å². The lowest BCUT2D eigenvalue weighted by Crippen LogP contribution is -2.29. The van der Waals surface area contributed by atoms with Gasteiger partial charge in [-0.1, -0.05) is 43.1 Å². The van der Waals surface area contributed by atoms with E-state index in [4.69, 9.17) is 30.2 Å². The number of rotatable bonds is 7. The van der Waals surface area contributed by atoms with Crippen LogP contribution in [0.1, 0.15) is 53.1 Å². The first-order chi connectivity index (χ1) is 18.0. The molecule has 0 spiro atoms. The maximum Gasteiger partial charge on any atom is 0.291 e. The number of fused-ring (bicyclic) bond motifs is 3. The van der Waals surface area contributed by atoms with Crippen molar-refractivity contribution in [1.29, 1.82) is 0 Å². The van der Waals surface area contributed by atoms with Gasteiger partial charge in [-0.3, -0.25) is 9.59 Å². The van der Waals surface area contributed by atoms with Gasteiger partial charge in [0.2, 0.25) is 12.6 Å². The van der Waals surface area contributed by atoms with Crippen LogP contribution in [0, 0.1) is 0 Å². The van der Waals surface area contributed by atoms with Crippen molar-refractivity contribution in [3.8, 4) is 17.2 Å². The number of nitrogens with zero attached hydrogens (tertiary/aromatic N) is 1. The van der Waals surface area contributed by atoms with E-state index < -0.39 is 6.04 Å². The Kier molecular flexibility index (Phi) is 6.00. The Hall–Kier alpha value is -3.97. The van der Waals surface area contributed by atoms with Gasteiger partial charge in [0, 0.05) is 11.6 Å². The molecule has 0 bridgehead atoms. The first kappa shape index (κ1) is 23.4. The van der Waals surface area contributed by atoms with Crippen LogP contribution in [-0.4, -0.2) is 24.2 Å². The van der Waals surface area contributed by atoms with Crippen LogP contribution in [0.25, 0.3) is 11.0 Å². The molecule has 0 radical (unpaired) electrons. The lowest BCUT2D eigenvalue weighted by atomic mass is 9.98. The summed E-state index contributed by atoms with van der Waals surface area (Å²) in [6.07, 6.45) is 2.01. The van der Waals surface area contributed by atoms with Gasteiger partial charge in [0.15, 0.2) is 16.9 Å². The summed E-state index contributed by atoms with van der Waals surface area (Å²) in [5.74, 6) is 1.72. The first-order valence-corrected chi connectivity index (χ1v) is 12.6. The monoisotopic (exact) mass is 517 g/mol. The average Bonchev–Trinajstić information content (AvgIpc) is 3.48. The predicted molar refractivity (Wildman–Crippen MR) is 139 cm³/mol. The molecule has 0 fully saturated rings. The minimum atomic E-state index is -0.641. The molecule has 6 rings (SSSR count). The lowest BCUT2D eigenvalue weighted by Gasteiger charge is -2.25. The van der Waals surface area contributed by atoms with E-state index >= 15 is 0 Å². The summed E-state index contributed by atoms with van der Waals surface area (Å²) >= 11 is 6.18. The van der Waals surface area contributed by atoms with Crippen molar-refractivity contribution in [2.75, 3.05) is 13.4 Å². The molecular formula is C29H24ClNO6. The van der Waals surface area contributed by atoms with E-state index in [0.29, 0.717) is 39.7 Å². The van der Waals surface area contributed by atoms with Crippen molar-refractivity contribution < 1.29 is 23.4 Å². The maximum absolute atomic E-state index is 13.7. The Bertz CT molecular complexity index is 1560. The van der Waals surface area contributed by atoms with E-state index in [9.17, 15) is 9.59 Å². The predicted octanol–water partition coefficient (Wildman–Crippen LogP) is 6.10. The van der Waals surface area contributed by atoms with Crippen molar-refractivity contribution in [2.24, 2.45) is 0 Å². The van der Waals surface area contributed by atoms with E-state index in [1.807, 2.05) is 42.5 Å². The molecule has 0 N–H and O–H groups in total. The molecule has 3 heterocycles. The number of hydrogen-bond donors (Lipinski definition) is 0. The fourth-order valence-electron chi connectivity index (χ4n) is 4.82. The molecule has 7 nitrogen and oxygen atoms in total. The highest BCUT2D eigenvalue weighted by atomic mass is 35.5. The summed E-state index contributed by atoms with van der Waals surface area (Å²) in [5.41, 5.74) is 1.98. The van der Waals surface area contributed by atoms with Crippen LogP contribution in [0.5, 0.6) is 17.2 Å². The molecular weight excluding hydrogens is 494 g/mol. The molecule has 0 saturated heterocycles. The average molecular weight is 518 g/mol. The van der Waals surface area contributed by atoms with Crippen molar-refractivity contribution >= 4 is 28.5 Å². The van der Waals surface area contributed by atoms with Crippen LogP contribution in [0.15, 0.2) is 69.9 Å². The largest absolute Gasteiger partial charge is 0.494 e. The van der Waals surface area contributed by atoms with E-state index in [1.165, 1.54) is 0 Å². The molecule has 1 unspecified atom stereocenters. The Morgan fingerprint density at radius 2 is 1.81 bits per heavy atom. The van der Waals surface area contributed by atoms with Gasteiger partial charge in [0.1, 0.15) is 11.3 Å². The standard InChI is InChI=1S/C29H24ClNO6/c1-2-3-12-34-20-8-5-18(6-9-20)26-25-27(32)21-14-19(30)7-11-22(21)37-28(25)29(33)31(26)15-17-4-10-23-24(13-17)36-16-35-23/h4-11,13-14,26H,2-3,12,15-16H2,1H3. The molecule has 4 aromatic rings. The van der Waals surface area contributed by atoms with Crippen LogP contribution in [-0.2, 0) is 6.54 Å². The molecule has 0 saturated carbocycles. The third kappa shape index (κ3) is 4.19. The maximum atomic E-state index is 13.7. The fraction of sp³-hybridized carbons (Fsp3) is 0.241. The first-order valence-electron chi connectivity index (χ1n) is 12.2. The van der Waals surface area contributed by atoms with Gasteiger partial charge in [-0.2, -0.15) is 0 Å². The van der Waals surface area contributed by atoms with Gasteiger partial charge in [-0.25, -0.2) is 0 Å². The number of carbonyl (C=O) groups is 1.